The molecule has 0 bridgehead atoms. The summed E-state index contributed by atoms with van der Waals surface area (Å²) in [5, 5.41) is 0. The molecule has 0 saturated carbocycles. The van der Waals surface area contributed by atoms with E-state index in [0.29, 0.717) is 6.61 Å². The van der Waals surface area contributed by atoms with Gasteiger partial charge in [-0.05, 0) is 29.8 Å². The molecule has 0 aromatic heterocycles. The predicted molar refractivity (Wildman–Crippen MR) is 52.7 cm³/mol. The molecule has 68 valence electrons. The van der Waals surface area contributed by atoms with Crippen LogP contribution in [0.25, 0.3) is 0 Å². The zero-order valence-corrected chi connectivity index (χ0v) is 7.84. The summed E-state index contributed by atoms with van der Waals surface area (Å²) in [6.07, 6.45) is 6.36. The fourth-order valence-corrected chi connectivity index (χ4v) is 0.881. The molecule has 0 saturated heterocycles. The molecule has 12 heavy (non-hydrogen) atoms. The Kier molecular flexibility index (Phi) is 6.11. The molecule has 0 amide bonds. The van der Waals surface area contributed by atoms with Gasteiger partial charge in [-0.25, -0.2) is 0 Å². The van der Waals surface area contributed by atoms with Gasteiger partial charge in [0.2, 0.25) is 0 Å². The highest BCUT2D eigenvalue weighted by atomic mass is 16.5. The third-order valence-electron chi connectivity index (χ3n) is 1.44. The average Bonchev–Trinajstić information content (AvgIpc) is 2.04. The molecule has 0 radical (unpaired) electrons. The van der Waals surface area contributed by atoms with Crippen molar-refractivity contribution in [2.24, 2.45) is 5.73 Å². The van der Waals surface area contributed by atoms with Crippen LogP contribution in [-0.4, -0.2) is 13.7 Å². The Bertz CT molecular complexity index is 192. The predicted octanol–water partition coefficient (Wildman–Crippen LogP) is 2.00. The lowest BCUT2D eigenvalue weighted by Crippen LogP contribution is -1.90. The van der Waals surface area contributed by atoms with Crippen molar-refractivity contribution in [2.75, 3.05) is 13.7 Å². The van der Waals surface area contributed by atoms with Crippen molar-refractivity contribution in [3.05, 3.63) is 36.1 Å². The third kappa shape index (κ3) is 4.74. The van der Waals surface area contributed by atoms with Crippen molar-refractivity contribution in [3.63, 3.8) is 0 Å². The van der Waals surface area contributed by atoms with Crippen molar-refractivity contribution in [1.82, 2.24) is 0 Å². The maximum absolute atomic E-state index is 5.27. The number of rotatable bonds is 5. The monoisotopic (exact) mass is 167 g/mol. The van der Waals surface area contributed by atoms with Crippen LogP contribution < -0.4 is 5.73 Å². The van der Waals surface area contributed by atoms with Gasteiger partial charge in [-0.1, -0.05) is 19.6 Å². The van der Waals surface area contributed by atoms with Gasteiger partial charge in [0.1, 0.15) is 0 Å². The van der Waals surface area contributed by atoms with Gasteiger partial charge in [-0.2, -0.15) is 0 Å². The fraction of sp³-hybridized carbons (Fsp3) is 0.400. The van der Waals surface area contributed by atoms with Gasteiger partial charge in [0.05, 0.1) is 6.61 Å². The van der Waals surface area contributed by atoms with E-state index in [2.05, 4.69) is 13.5 Å². The van der Waals surface area contributed by atoms with Gasteiger partial charge in [0.25, 0.3) is 0 Å². The lowest BCUT2D eigenvalue weighted by Gasteiger charge is -2.00. The molecule has 0 heterocycles. The van der Waals surface area contributed by atoms with Crippen molar-refractivity contribution < 1.29 is 4.74 Å². The van der Waals surface area contributed by atoms with Crippen molar-refractivity contribution in [3.8, 4) is 0 Å². The Morgan fingerprint density at radius 3 is 2.67 bits per heavy atom. The van der Waals surface area contributed by atoms with E-state index in [9.17, 15) is 0 Å². The van der Waals surface area contributed by atoms with Crippen LogP contribution in [0.3, 0.4) is 0 Å². The topological polar surface area (TPSA) is 35.2 Å². The third-order valence-corrected chi connectivity index (χ3v) is 1.44. The van der Waals surface area contributed by atoms with E-state index < -0.39 is 0 Å². The molecule has 0 aromatic rings. The number of allylic oxidation sites excluding steroid dienone is 2. The van der Waals surface area contributed by atoms with Gasteiger partial charge in [0, 0.05) is 7.11 Å². The molecular weight excluding hydrogens is 150 g/mol. The lowest BCUT2D eigenvalue weighted by atomic mass is 10.1. The molecule has 0 atom stereocenters. The molecule has 0 aromatic carbocycles. The normalized spacial score (nSPS) is 12.3. The SMILES string of the molecule is C=C(/C=C(\C=C/N)CC)COC. The van der Waals surface area contributed by atoms with Crippen LogP contribution in [0.15, 0.2) is 36.1 Å². The summed E-state index contributed by atoms with van der Waals surface area (Å²) in [6.45, 7) is 6.48. The van der Waals surface area contributed by atoms with Crippen LogP contribution in [0, 0.1) is 0 Å². The molecule has 2 nitrogen and oxygen atoms in total. The van der Waals surface area contributed by atoms with Crippen LogP contribution in [-0.2, 0) is 4.74 Å². The number of methoxy groups -OCH3 is 1. The first-order valence-electron chi connectivity index (χ1n) is 4.00. The van der Waals surface area contributed by atoms with Crippen LogP contribution >= 0.6 is 0 Å². The molecule has 0 aliphatic heterocycles. The van der Waals surface area contributed by atoms with E-state index in [-0.39, 0.29) is 0 Å². The summed E-state index contributed by atoms with van der Waals surface area (Å²) in [5.74, 6) is 0. The van der Waals surface area contributed by atoms with Crippen LogP contribution in [0.2, 0.25) is 0 Å². The zero-order chi connectivity index (χ0) is 9.40. The summed E-state index contributed by atoms with van der Waals surface area (Å²) >= 11 is 0. The van der Waals surface area contributed by atoms with Gasteiger partial charge in [0.15, 0.2) is 0 Å². The minimum Gasteiger partial charge on any atom is -0.405 e. The zero-order valence-electron chi connectivity index (χ0n) is 7.84. The second-order valence-corrected chi connectivity index (χ2v) is 2.52. The summed E-state index contributed by atoms with van der Waals surface area (Å²) in [4.78, 5) is 0. The summed E-state index contributed by atoms with van der Waals surface area (Å²) in [5.41, 5.74) is 7.40. The highest BCUT2D eigenvalue weighted by Crippen LogP contribution is 2.06. The van der Waals surface area contributed by atoms with Crippen LogP contribution in [0.1, 0.15) is 13.3 Å². The van der Waals surface area contributed by atoms with E-state index in [4.69, 9.17) is 10.5 Å². The highest BCUT2D eigenvalue weighted by molar-refractivity contribution is 5.28. The second-order valence-electron chi connectivity index (χ2n) is 2.52. The van der Waals surface area contributed by atoms with Gasteiger partial charge in [-0.3, -0.25) is 0 Å². The smallest absolute Gasteiger partial charge is 0.0707 e. The summed E-state index contributed by atoms with van der Waals surface area (Å²) in [6, 6.07) is 0. The maximum Gasteiger partial charge on any atom is 0.0707 e. The van der Waals surface area contributed by atoms with Gasteiger partial charge in [-0.15, -0.1) is 0 Å². The maximum atomic E-state index is 5.27. The van der Waals surface area contributed by atoms with Crippen LogP contribution in [0.4, 0.5) is 0 Å². The quantitative estimate of drug-likeness (QED) is 0.635. The Balaban J connectivity index is 4.17. The first-order valence-corrected chi connectivity index (χ1v) is 4.00. The molecule has 0 spiro atoms. The molecule has 0 unspecified atom stereocenters. The number of hydrogen-bond donors (Lipinski definition) is 1. The molecule has 0 rings (SSSR count). The van der Waals surface area contributed by atoms with E-state index >= 15 is 0 Å². The first-order chi connectivity index (χ1) is 5.74. The minimum atomic E-state index is 0.571. The van der Waals surface area contributed by atoms with E-state index in [1.54, 1.807) is 7.11 Å². The second kappa shape index (κ2) is 6.68. The minimum absolute atomic E-state index is 0.571. The Labute approximate surface area is 74.4 Å². The first kappa shape index (κ1) is 11.0. The Hall–Kier alpha value is -1.02. The van der Waals surface area contributed by atoms with Gasteiger partial charge >= 0.3 is 0 Å². The lowest BCUT2D eigenvalue weighted by molar-refractivity contribution is 0.228. The van der Waals surface area contributed by atoms with E-state index in [1.807, 2.05) is 12.2 Å². The molecule has 0 aliphatic rings. The molecule has 0 aliphatic carbocycles. The molecule has 2 N–H and O–H groups in total. The number of hydrogen-bond acceptors (Lipinski definition) is 2. The van der Waals surface area contributed by atoms with Crippen molar-refractivity contribution in [2.45, 2.75) is 13.3 Å². The van der Waals surface area contributed by atoms with E-state index in [0.717, 1.165) is 12.0 Å². The number of nitrogens with two attached hydrogens (primary N) is 1. The fourth-order valence-electron chi connectivity index (χ4n) is 0.881. The molecule has 0 fully saturated rings. The number of ether oxygens (including phenoxy) is 1. The molecular formula is C10H17NO. The van der Waals surface area contributed by atoms with Crippen LogP contribution in [0.5, 0.6) is 0 Å². The highest BCUT2D eigenvalue weighted by Gasteiger charge is 1.90. The van der Waals surface area contributed by atoms with Crippen molar-refractivity contribution >= 4 is 0 Å². The average molecular weight is 167 g/mol. The summed E-state index contributed by atoms with van der Waals surface area (Å²) in [7, 11) is 1.66. The standard InChI is InChI=1S/C10H17NO/c1-4-10(5-6-11)7-9(2)8-12-3/h5-7H,2,4,8,11H2,1,3H3/b6-5-,10-7-. The Morgan fingerprint density at radius 1 is 1.58 bits per heavy atom. The van der Waals surface area contributed by atoms with Gasteiger partial charge < -0.3 is 10.5 Å². The largest absolute Gasteiger partial charge is 0.405 e. The Morgan fingerprint density at radius 2 is 2.25 bits per heavy atom. The summed E-state index contributed by atoms with van der Waals surface area (Å²) < 4.78 is 4.93. The van der Waals surface area contributed by atoms with E-state index in [1.165, 1.54) is 11.8 Å². The van der Waals surface area contributed by atoms with Crippen molar-refractivity contribution in [1.29, 1.82) is 0 Å². The molecule has 2 heteroatoms.